The summed E-state index contributed by atoms with van der Waals surface area (Å²) in [6, 6.07) is 60.2. The van der Waals surface area contributed by atoms with Crippen molar-refractivity contribution in [3.05, 3.63) is 170 Å². The third-order valence-corrected chi connectivity index (χ3v) is 9.66. The lowest BCUT2D eigenvalue weighted by Gasteiger charge is -2.18. The van der Waals surface area contributed by atoms with E-state index in [0.717, 1.165) is 49.8 Å². The molecule has 0 radical (unpaired) electrons. The molecule has 0 spiro atoms. The summed E-state index contributed by atoms with van der Waals surface area (Å²) in [5.74, 6) is 0.827. The van der Waals surface area contributed by atoms with Crippen LogP contribution in [0.2, 0.25) is 0 Å². The van der Waals surface area contributed by atoms with Gasteiger partial charge in [0.05, 0.1) is 5.39 Å². The van der Waals surface area contributed by atoms with E-state index >= 15 is 0 Å². The number of hydrogen-bond donors (Lipinski definition) is 0. The lowest BCUT2D eigenvalue weighted by molar-refractivity contribution is 0.631. The van der Waals surface area contributed by atoms with Crippen molar-refractivity contribution in [1.82, 2.24) is 0 Å². The molecule has 10 aromatic rings. The van der Waals surface area contributed by atoms with Crippen LogP contribution < -0.4 is 0 Å². The topological polar surface area (TPSA) is 26.3 Å². The van der Waals surface area contributed by atoms with Gasteiger partial charge in [-0.3, -0.25) is 0 Å². The highest BCUT2D eigenvalue weighted by Crippen LogP contribution is 2.49. The Hall–Kier alpha value is -6.38. The van der Waals surface area contributed by atoms with Gasteiger partial charge in [-0.15, -0.1) is 0 Å². The predicted octanol–water partition coefficient (Wildman–Crippen LogP) is 13.3. The molecule has 0 bridgehead atoms. The van der Waals surface area contributed by atoms with Gasteiger partial charge >= 0.3 is 0 Å². The quantitative estimate of drug-likeness (QED) is 0.185. The smallest absolute Gasteiger partial charge is 0.147 e. The van der Waals surface area contributed by atoms with E-state index in [1.54, 1.807) is 0 Å². The molecule has 2 heteroatoms. The Kier molecular flexibility index (Phi) is 5.91. The zero-order chi connectivity index (χ0) is 31.6. The van der Waals surface area contributed by atoms with E-state index in [9.17, 15) is 0 Å². The van der Waals surface area contributed by atoms with Crippen molar-refractivity contribution in [1.29, 1.82) is 0 Å². The first-order chi connectivity index (χ1) is 23.8. The van der Waals surface area contributed by atoms with E-state index in [2.05, 4.69) is 146 Å². The van der Waals surface area contributed by atoms with Gasteiger partial charge in [0.1, 0.15) is 22.5 Å². The normalized spacial score (nSPS) is 11.8. The standard InChI is InChI=1S/C46H28O2/c1-3-14-29(15-4-1)31-18-13-19-32(26-31)43-33-20-7-9-22-35(33)44(36-23-10-8-21-34(36)43)39-28-42-38(27-41(47-42)30-16-5-2-6-17-30)46-45(39)37-24-11-12-25-40(37)48-46/h1-28H. The third-order valence-electron chi connectivity index (χ3n) is 9.66. The van der Waals surface area contributed by atoms with Crippen molar-refractivity contribution < 1.29 is 8.83 Å². The van der Waals surface area contributed by atoms with Crippen LogP contribution in [-0.4, -0.2) is 0 Å². The molecule has 10 rings (SSSR count). The fourth-order valence-corrected chi connectivity index (χ4v) is 7.55. The van der Waals surface area contributed by atoms with Crippen molar-refractivity contribution in [2.24, 2.45) is 0 Å². The average molecular weight is 613 g/mol. The molecule has 0 aliphatic heterocycles. The van der Waals surface area contributed by atoms with E-state index in [4.69, 9.17) is 8.83 Å². The van der Waals surface area contributed by atoms with Gasteiger partial charge in [0.25, 0.3) is 0 Å². The molecule has 0 fully saturated rings. The van der Waals surface area contributed by atoms with Crippen molar-refractivity contribution in [3.8, 4) is 44.7 Å². The molecule has 0 N–H and O–H groups in total. The number of rotatable bonds is 4. The van der Waals surface area contributed by atoms with Crippen LogP contribution in [0.15, 0.2) is 179 Å². The van der Waals surface area contributed by atoms with Gasteiger partial charge in [-0.1, -0.05) is 146 Å². The molecular formula is C46H28O2. The summed E-state index contributed by atoms with van der Waals surface area (Å²) >= 11 is 0. The van der Waals surface area contributed by atoms with Gasteiger partial charge in [0.2, 0.25) is 0 Å². The molecule has 0 amide bonds. The molecule has 0 aliphatic carbocycles. The highest BCUT2D eigenvalue weighted by atomic mass is 16.3. The molecule has 8 aromatic carbocycles. The SMILES string of the molecule is c1ccc(-c2cccc(-c3c4ccccc4c(-c4cc5oc(-c6ccccc6)cc5c5oc6ccccc6c45)c4ccccc34)c2)cc1. The van der Waals surface area contributed by atoms with Crippen LogP contribution in [-0.2, 0) is 0 Å². The Morgan fingerprint density at radius 2 is 0.854 bits per heavy atom. The number of furan rings is 2. The highest BCUT2D eigenvalue weighted by molar-refractivity contribution is 6.28. The Morgan fingerprint density at radius 3 is 1.54 bits per heavy atom. The molecule has 0 unspecified atom stereocenters. The van der Waals surface area contributed by atoms with Gasteiger partial charge < -0.3 is 8.83 Å². The number of hydrogen-bond acceptors (Lipinski definition) is 2. The molecule has 0 aliphatic rings. The summed E-state index contributed by atoms with van der Waals surface area (Å²) in [6.07, 6.45) is 0. The maximum atomic E-state index is 6.69. The van der Waals surface area contributed by atoms with Gasteiger partial charge in [-0.2, -0.15) is 0 Å². The van der Waals surface area contributed by atoms with Crippen LogP contribution in [0.1, 0.15) is 0 Å². The lowest BCUT2D eigenvalue weighted by Crippen LogP contribution is -1.92. The molecule has 2 aromatic heterocycles. The van der Waals surface area contributed by atoms with E-state index < -0.39 is 0 Å². The van der Waals surface area contributed by atoms with Crippen molar-refractivity contribution >= 4 is 54.5 Å². The number of fused-ring (bicyclic) bond motifs is 7. The van der Waals surface area contributed by atoms with Gasteiger partial charge in [0, 0.05) is 16.3 Å². The first-order valence-corrected chi connectivity index (χ1v) is 16.3. The minimum absolute atomic E-state index is 0.809. The minimum Gasteiger partial charge on any atom is -0.456 e. The molecule has 224 valence electrons. The molecule has 2 heterocycles. The van der Waals surface area contributed by atoms with E-state index in [1.807, 2.05) is 24.3 Å². The van der Waals surface area contributed by atoms with Crippen LogP contribution in [0.5, 0.6) is 0 Å². The summed E-state index contributed by atoms with van der Waals surface area (Å²) in [5.41, 5.74) is 10.7. The van der Waals surface area contributed by atoms with Gasteiger partial charge in [-0.25, -0.2) is 0 Å². The largest absolute Gasteiger partial charge is 0.456 e. The van der Waals surface area contributed by atoms with Gasteiger partial charge in [-0.05, 0) is 79.2 Å². The molecule has 48 heavy (non-hydrogen) atoms. The summed E-state index contributed by atoms with van der Waals surface area (Å²) in [7, 11) is 0. The highest BCUT2D eigenvalue weighted by Gasteiger charge is 2.23. The van der Waals surface area contributed by atoms with Crippen molar-refractivity contribution in [2.45, 2.75) is 0 Å². The van der Waals surface area contributed by atoms with Crippen LogP contribution in [0.3, 0.4) is 0 Å². The summed E-state index contributed by atoms with van der Waals surface area (Å²) in [4.78, 5) is 0. The number of para-hydroxylation sites is 1. The Bertz CT molecular complexity index is 2760. The third kappa shape index (κ3) is 4.06. The van der Waals surface area contributed by atoms with Crippen LogP contribution in [0.4, 0.5) is 0 Å². The fraction of sp³-hybridized carbons (Fsp3) is 0. The second-order valence-electron chi connectivity index (χ2n) is 12.4. The summed E-state index contributed by atoms with van der Waals surface area (Å²) in [5, 5.41) is 7.98. The second kappa shape index (κ2) is 10.6. The second-order valence-corrected chi connectivity index (χ2v) is 12.4. The van der Waals surface area contributed by atoms with Crippen LogP contribution >= 0.6 is 0 Å². The molecule has 0 atom stereocenters. The first-order valence-electron chi connectivity index (χ1n) is 16.3. The maximum Gasteiger partial charge on any atom is 0.147 e. The molecule has 2 nitrogen and oxygen atoms in total. The van der Waals surface area contributed by atoms with E-state index in [-0.39, 0.29) is 0 Å². The Labute approximate surface area is 277 Å². The van der Waals surface area contributed by atoms with E-state index in [1.165, 1.54) is 49.4 Å². The van der Waals surface area contributed by atoms with Crippen LogP contribution in [0, 0.1) is 0 Å². The molecular weight excluding hydrogens is 585 g/mol. The zero-order valence-electron chi connectivity index (χ0n) is 26.0. The van der Waals surface area contributed by atoms with Crippen LogP contribution in [0.25, 0.3) is 99.2 Å². The monoisotopic (exact) mass is 612 g/mol. The maximum absolute atomic E-state index is 6.69. The van der Waals surface area contributed by atoms with Crippen molar-refractivity contribution in [2.75, 3.05) is 0 Å². The fourth-order valence-electron chi connectivity index (χ4n) is 7.55. The first kappa shape index (κ1) is 26.8. The summed E-state index contributed by atoms with van der Waals surface area (Å²) in [6.45, 7) is 0. The van der Waals surface area contributed by atoms with Gasteiger partial charge in [0.15, 0.2) is 0 Å². The minimum atomic E-state index is 0.809. The zero-order valence-corrected chi connectivity index (χ0v) is 26.0. The number of benzene rings is 8. The predicted molar refractivity (Wildman–Crippen MR) is 200 cm³/mol. The van der Waals surface area contributed by atoms with Crippen molar-refractivity contribution in [3.63, 3.8) is 0 Å². The lowest BCUT2D eigenvalue weighted by atomic mass is 9.84. The average Bonchev–Trinajstić information content (AvgIpc) is 3.77. The summed E-state index contributed by atoms with van der Waals surface area (Å²) < 4.78 is 13.3. The Morgan fingerprint density at radius 1 is 0.312 bits per heavy atom. The van der Waals surface area contributed by atoms with E-state index in [0.29, 0.717) is 0 Å². The Balaban J connectivity index is 1.32. The molecule has 0 saturated carbocycles. The molecule has 0 saturated heterocycles.